The van der Waals surface area contributed by atoms with Crippen molar-refractivity contribution < 1.29 is 19.4 Å². The second-order valence-corrected chi connectivity index (χ2v) is 5.17. The van der Waals surface area contributed by atoms with Gasteiger partial charge in [0.1, 0.15) is 5.41 Å². The van der Waals surface area contributed by atoms with Crippen LogP contribution in [0.4, 0.5) is 0 Å². The Bertz CT molecular complexity index is 310. The van der Waals surface area contributed by atoms with Crippen LogP contribution < -0.4 is 5.32 Å². The molecule has 0 aromatic rings. The molecule has 1 aliphatic rings. The monoisotopic (exact) mass is 257 g/mol. The molecule has 1 atom stereocenters. The van der Waals surface area contributed by atoms with Crippen molar-refractivity contribution in [3.63, 3.8) is 0 Å². The molecule has 18 heavy (non-hydrogen) atoms. The average Bonchev–Trinajstić information content (AvgIpc) is 3.08. The summed E-state index contributed by atoms with van der Waals surface area (Å²) in [4.78, 5) is 22.7. The number of carboxylic acids is 1. The lowest BCUT2D eigenvalue weighted by Crippen LogP contribution is -2.38. The van der Waals surface area contributed by atoms with Gasteiger partial charge < -0.3 is 15.2 Å². The van der Waals surface area contributed by atoms with E-state index in [0.29, 0.717) is 38.3 Å². The van der Waals surface area contributed by atoms with Crippen molar-refractivity contribution in [2.75, 3.05) is 13.2 Å². The van der Waals surface area contributed by atoms with E-state index in [9.17, 15) is 9.59 Å². The Kier molecular flexibility index (Phi) is 5.14. The lowest BCUT2D eigenvalue weighted by atomic mass is 10.0. The zero-order valence-electron chi connectivity index (χ0n) is 11.4. The Hall–Kier alpha value is -1.10. The second kappa shape index (κ2) is 6.18. The summed E-state index contributed by atoms with van der Waals surface area (Å²) >= 11 is 0. The molecule has 0 heterocycles. The molecule has 0 aromatic heterocycles. The summed E-state index contributed by atoms with van der Waals surface area (Å²) in [7, 11) is 0. The van der Waals surface area contributed by atoms with Gasteiger partial charge in [-0.15, -0.1) is 0 Å². The quantitative estimate of drug-likeness (QED) is 0.645. The van der Waals surface area contributed by atoms with Crippen molar-refractivity contribution in [1.82, 2.24) is 5.32 Å². The van der Waals surface area contributed by atoms with Crippen molar-refractivity contribution in [3.8, 4) is 0 Å². The third-order valence-corrected chi connectivity index (χ3v) is 3.43. The number of carbonyl (C=O) groups excluding carboxylic acids is 1. The maximum absolute atomic E-state index is 11.7. The largest absolute Gasteiger partial charge is 0.480 e. The number of hydrogen-bond acceptors (Lipinski definition) is 3. The Labute approximate surface area is 108 Å². The molecule has 1 aliphatic carbocycles. The van der Waals surface area contributed by atoms with Crippen LogP contribution in [0.1, 0.15) is 40.0 Å². The average molecular weight is 257 g/mol. The number of nitrogens with one attached hydrogen (secondary N) is 1. The van der Waals surface area contributed by atoms with E-state index in [1.807, 2.05) is 6.92 Å². The molecule has 5 heteroatoms. The van der Waals surface area contributed by atoms with E-state index < -0.39 is 11.4 Å². The predicted molar refractivity (Wildman–Crippen MR) is 67.2 cm³/mol. The van der Waals surface area contributed by atoms with Crippen LogP contribution in [0.15, 0.2) is 0 Å². The standard InChI is InChI=1S/C13H23NO4/c1-4-18-10(9(2)3)5-8-14-11(15)13(6-7-13)12(16)17/h9-10H,4-8H2,1-3H3,(H,14,15)(H,16,17). The highest BCUT2D eigenvalue weighted by Crippen LogP contribution is 2.46. The summed E-state index contributed by atoms with van der Waals surface area (Å²) in [5.74, 6) is -0.976. The van der Waals surface area contributed by atoms with E-state index in [0.717, 1.165) is 0 Å². The Morgan fingerprint density at radius 2 is 2.00 bits per heavy atom. The fraction of sp³-hybridized carbons (Fsp3) is 0.846. The summed E-state index contributed by atoms with van der Waals surface area (Å²) in [6.45, 7) is 7.20. The van der Waals surface area contributed by atoms with Gasteiger partial charge in [0, 0.05) is 13.2 Å². The zero-order valence-corrected chi connectivity index (χ0v) is 11.4. The maximum atomic E-state index is 11.7. The molecule has 0 aliphatic heterocycles. The zero-order chi connectivity index (χ0) is 13.8. The molecule has 1 saturated carbocycles. The molecule has 1 unspecified atom stereocenters. The molecule has 1 rings (SSSR count). The van der Waals surface area contributed by atoms with Gasteiger partial charge in [-0.25, -0.2) is 0 Å². The lowest BCUT2D eigenvalue weighted by molar-refractivity contribution is -0.149. The van der Waals surface area contributed by atoms with Crippen LogP contribution in [0.2, 0.25) is 0 Å². The maximum Gasteiger partial charge on any atom is 0.319 e. The summed E-state index contributed by atoms with van der Waals surface area (Å²) in [6.07, 6.45) is 1.73. The summed E-state index contributed by atoms with van der Waals surface area (Å²) in [5.41, 5.74) is -1.14. The van der Waals surface area contributed by atoms with Gasteiger partial charge in [-0.1, -0.05) is 13.8 Å². The minimum absolute atomic E-state index is 0.107. The number of amides is 1. The minimum Gasteiger partial charge on any atom is -0.480 e. The normalized spacial score (nSPS) is 18.4. The van der Waals surface area contributed by atoms with Crippen molar-refractivity contribution >= 4 is 11.9 Å². The molecule has 0 spiro atoms. The van der Waals surface area contributed by atoms with Gasteiger partial charge >= 0.3 is 5.97 Å². The first kappa shape index (κ1) is 15.0. The van der Waals surface area contributed by atoms with Gasteiger partial charge in [-0.3, -0.25) is 9.59 Å². The molecule has 5 nitrogen and oxygen atoms in total. The van der Waals surface area contributed by atoms with Gasteiger partial charge in [-0.2, -0.15) is 0 Å². The first-order valence-corrected chi connectivity index (χ1v) is 6.57. The van der Waals surface area contributed by atoms with E-state index in [1.54, 1.807) is 0 Å². The van der Waals surface area contributed by atoms with E-state index in [-0.39, 0.29) is 12.0 Å². The summed E-state index contributed by atoms with van der Waals surface area (Å²) < 4.78 is 5.57. The van der Waals surface area contributed by atoms with Gasteiger partial charge in [0.25, 0.3) is 0 Å². The van der Waals surface area contributed by atoms with Crippen LogP contribution in [0.5, 0.6) is 0 Å². The molecular formula is C13H23NO4. The number of ether oxygens (including phenoxy) is 1. The predicted octanol–water partition coefficient (Wildman–Crippen LogP) is 1.42. The number of carboxylic acid groups (broad SMARTS) is 1. The third kappa shape index (κ3) is 3.45. The lowest BCUT2D eigenvalue weighted by Gasteiger charge is -2.21. The van der Waals surface area contributed by atoms with Crippen LogP contribution in [0.3, 0.4) is 0 Å². The molecular weight excluding hydrogens is 234 g/mol. The molecule has 0 bridgehead atoms. The van der Waals surface area contributed by atoms with Crippen molar-refractivity contribution in [2.24, 2.45) is 11.3 Å². The highest BCUT2D eigenvalue weighted by atomic mass is 16.5. The number of hydrogen-bond donors (Lipinski definition) is 2. The van der Waals surface area contributed by atoms with E-state index >= 15 is 0 Å². The van der Waals surface area contributed by atoms with Crippen LogP contribution in [0.25, 0.3) is 0 Å². The van der Waals surface area contributed by atoms with E-state index in [1.165, 1.54) is 0 Å². The first-order valence-electron chi connectivity index (χ1n) is 6.57. The topological polar surface area (TPSA) is 75.6 Å². The fourth-order valence-electron chi connectivity index (χ4n) is 1.98. The van der Waals surface area contributed by atoms with Crippen LogP contribution in [-0.4, -0.2) is 36.2 Å². The van der Waals surface area contributed by atoms with Crippen LogP contribution >= 0.6 is 0 Å². The molecule has 1 amide bonds. The van der Waals surface area contributed by atoms with Gasteiger partial charge in [0.05, 0.1) is 6.10 Å². The summed E-state index contributed by atoms with van der Waals surface area (Å²) in [6, 6.07) is 0. The second-order valence-electron chi connectivity index (χ2n) is 5.17. The Morgan fingerprint density at radius 3 is 2.39 bits per heavy atom. The molecule has 1 fully saturated rings. The van der Waals surface area contributed by atoms with E-state index in [4.69, 9.17) is 9.84 Å². The number of aliphatic carboxylic acids is 1. The molecule has 2 N–H and O–H groups in total. The van der Waals surface area contributed by atoms with Crippen LogP contribution in [0, 0.1) is 11.3 Å². The minimum atomic E-state index is -1.14. The SMILES string of the molecule is CCOC(CCNC(=O)C1(C(=O)O)CC1)C(C)C. The summed E-state index contributed by atoms with van der Waals surface area (Å²) in [5, 5.41) is 11.7. The molecule has 104 valence electrons. The van der Waals surface area contributed by atoms with Crippen molar-refractivity contribution in [3.05, 3.63) is 0 Å². The molecule has 0 aromatic carbocycles. The van der Waals surface area contributed by atoms with Gasteiger partial charge in [0.15, 0.2) is 0 Å². The van der Waals surface area contributed by atoms with E-state index in [2.05, 4.69) is 19.2 Å². The fourth-order valence-corrected chi connectivity index (χ4v) is 1.98. The highest BCUT2D eigenvalue weighted by molar-refractivity contribution is 6.04. The number of carbonyl (C=O) groups is 2. The Morgan fingerprint density at radius 1 is 1.39 bits per heavy atom. The smallest absolute Gasteiger partial charge is 0.319 e. The number of rotatable bonds is 8. The molecule has 0 saturated heterocycles. The van der Waals surface area contributed by atoms with Crippen molar-refractivity contribution in [2.45, 2.75) is 46.1 Å². The Balaban J connectivity index is 2.33. The van der Waals surface area contributed by atoms with Crippen LogP contribution in [-0.2, 0) is 14.3 Å². The first-order chi connectivity index (χ1) is 8.44. The third-order valence-electron chi connectivity index (χ3n) is 3.43. The molecule has 0 radical (unpaired) electrons. The van der Waals surface area contributed by atoms with Gasteiger partial charge in [0.2, 0.25) is 5.91 Å². The highest BCUT2D eigenvalue weighted by Gasteiger charge is 2.56. The van der Waals surface area contributed by atoms with Crippen molar-refractivity contribution in [1.29, 1.82) is 0 Å². The van der Waals surface area contributed by atoms with Gasteiger partial charge in [-0.05, 0) is 32.1 Å².